The van der Waals surface area contributed by atoms with Crippen LogP contribution in [0.1, 0.15) is 20.3 Å². The van der Waals surface area contributed by atoms with E-state index in [9.17, 15) is 4.79 Å². The highest BCUT2D eigenvalue weighted by Crippen LogP contribution is 2.10. The number of hydrogen-bond acceptors (Lipinski definition) is 2. The van der Waals surface area contributed by atoms with Crippen LogP contribution in [-0.2, 0) is 9.53 Å². The first-order chi connectivity index (χ1) is 4.57. The lowest BCUT2D eigenvalue weighted by atomic mass is 10.5. The molecule has 0 bridgehead atoms. The van der Waals surface area contributed by atoms with Crippen molar-refractivity contribution in [2.24, 2.45) is 0 Å². The summed E-state index contributed by atoms with van der Waals surface area (Å²) in [5.74, 6) is -0.314. The molecule has 0 aliphatic carbocycles. The van der Waals surface area contributed by atoms with Crippen molar-refractivity contribution in [1.82, 2.24) is 0 Å². The molecule has 0 saturated carbocycles. The topological polar surface area (TPSA) is 26.3 Å². The molecule has 0 heterocycles. The molecule has 0 N–H and O–H groups in total. The molecule has 0 aromatic carbocycles. The van der Waals surface area contributed by atoms with Crippen LogP contribution in [0.2, 0.25) is 0 Å². The van der Waals surface area contributed by atoms with Crippen molar-refractivity contribution in [3.63, 3.8) is 0 Å². The van der Waals surface area contributed by atoms with E-state index in [4.69, 9.17) is 26.9 Å². The quantitative estimate of drug-likeness (QED) is 0.393. The van der Waals surface area contributed by atoms with Crippen molar-refractivity contribution in [1.29, 1.82) is 0 Å². The Morgan fingerprint density at radius 2 is 2.20 bits per heavy atom. The van der Waals surface area contributed by atoms with Crippen molar-refractivity contribution in [3.05, 3.63) is 0 Å². The van der Waals surface area contributed by atoms with Gasteiger partial charge in [-0.1, -0.05) is 6.92 Å². The van der Waals surface area contributed by atoms with Crippen LogP contribution in [0.4, 0.5) is 0 Å². The minimum absolute atomic E-state index is 0.235. The van der Waals surface area contributed by atoms with E-state index in [2.05, 4.69) is 0 Å². The Morgan fingerprint density at radius 1 is 1.70 bits per heavy atom. The van der Waals surface area contributed by atoms with Gasteiger partial charge in [0.2, 0.25) is 0 Å². The van der Waals surface area contributed by atoms with E-state index in [1.165, 1.54) is 6.92 Å². The number of rotatable bonds is 3. The van der Waals surface area contributed by atoms with Gasteiger partial charge in [-0.05, 0) is 6.42 Å². The first kappa shape index (κ1) is 10.3. The molecule has 60 valence electrons. The zero-order valence-electron chi connectivity index (χ0n) is 5.93. The first-order valence-corrected chi connectivity index (χ1v) is 7.19. The molecule has 0 rings (SSSR count). The van der Waals surface area contributed by atoms with Gasteiger partial charge in [-0.3, -0.25) is 4.79 Å². The van der Waals surface area contributed by atoms with Gasteiger partial charge in [-0.15, -0.1) is 22.2 Å². The Hall–Kier alpha value is 0.267. The zero-order valence-corrected chi connectivity index (χ0v) is 8.60. The minimum atomic E-state index is -1.84. The van der Waals surface area contributed by atoms with Crippen LogP contribution < -0.4 is 0 Å². The summed E-state index contributed by atoms with van der Waals surface area (Å²) in [7, 11) is -1.84. The zero-order chi connectivity index (χ0) is 8.15. The molecule has 0 aromatic heterocycles. The van der Waals surface area contributed by atoms with Crippen LogP contribution in [0.5, 0.6) is 0 Å². The molecule has 1 atom stereocenters. The van der Waals surface area contributed by atoms with Crippen LogP contribution in [0.25, 0.3) is 0 Å². The predicted octanol–water partition coefficient (Wildman–Crippen LogP) is 1.57. The highest BCUT2D eigenvalue weighted by atomic mass is 35.7. The van der Waals surface area contributed by atoms with Crippen LogP contribution in [0.15, 0.2) is 0 Å². The highest BCUT2D eigenvalue weighted by molar-refractivity contribution is 7.34. The summed E-state index contributed by atoms with van der Waals surface area (Å²) in [6.45, 7) is 3.24. The summed E-state index contributed by atoms with van der Waals surface area (Å²) >= 11 is 11.2. The molecule has 0 aliphatic rings. The van der Waals surface area contributed by atoms with E-state index in [0.717, 1.165) is 0 Å². The predicted molar refractivity (Wildman–Crippen MR) is 44.7 cm³/mol. The number of hydrogen-bond donors (Lipinski definition) is 0. The molecule has 0 fully saturated rings. The number of halogens is 2. The number of ether oxygens (including phenoxy) is 1. The summed E-state index contributed by atoms with van der Waals surface area (Å²) in [6.07, 6.45) is 0.698. The van der Waals surface area contributed by atoms with Crippen LogP contribution in [0.3, 0.4) is 0 Å². The molecule has 0 radical (unpaired) electrons. The van der Waals surface area contributed by atoms with Gasteiger partial charge in [0, 0.05) is 6.92 Å². The van der Waals surface area contributed by atoms with E-state index in [1.54, 1.807) is 0 Å². The van der Waals surface area contributed by atoms with Gasteiger partial charge < -0.3 is 4.74 Å². The standard InChI is InChI=1S/C5H10Cl2O2Si/c1-3-5(10(6)7)9-4(2)8/h5,10H,3H2,1-2H3. The molecular weight excluding hydrogens is 191 g/mol. The van der Waals surface area contributed by atoms with E-state index >= 15 is 0 Å². The van der Waals surface area contributed by atoms with Crippen molar-refractivity contribution in [2.75, 3.05) is 0 Å². The second kappa shape index (κ2) is 4.99. The maximum atomic E-state index is 10.4. The SMILES string of the molecule is CCC(OC(C)=O)[SiH](Cl)Cl. The summed E-state index contributed by atoms with van der Waals surface area (Å²) in [5.41, 5.74) is -0.235. The number of carbonyl (C=O) groups is 1. The maximum absolute atomic E-state index is 10.4. The average molecular weight is 201 g/mol. The molecule has 5 heteroatoms. The average Bonchev–Trinajstić information content (AvgIpc) is 1.81. The molecule has 0 amide bonds. The Bertz CT molecular complexity index is 118. The summed E-state index contributed by atoms with van der Waals surface area (Å²) < 4.78 is 4.82. The third-order valence-corrected chi connectivity index (χ3v) is 3.86. The summed E-state index contributed by atoms with van der Waals surface area (Å²) in [6, 6.07) is 0. The monoisotopic (exact) mass is 200 g/mol. The molecule has 2 nitrogen and oxygen atoms in total. The second-order valence-corrected chi connectivity index (χ2v) is 6.79. The molecular formula is C5H10Cl2O2Si. The second-order valence-electron chi connectivity index (χ2n) is 1.89. The van der Waals surface area contributed by atoms with Crippen LogP contribution in [-0.4, -0.2) is 19.1 Å². The van der Waals surface area contributed by atoms with E-state index in [1.807, 2.05) is 6.92 Å². The van der Waals surface area contributed by atoms with Gasteiger partial charge in [0.05, 0.1) is 0 Å². The fourth-order valence-corrected chi connectivity index (χ4v) is 2.55. The smallest absolute Gasteiger partial charge is 0.302 e. The van der Waals surface area contributed by atoms with Gasteiger partial charge in [-0.2, -0.15) is 0 Å². The van der Waals surface area contributed by atoms with Gasteiger partial charge >= 0.3 is 5.97 Å². The van der Waals surface area contributed by atoms with Crippen LogP contribution in [0, 0.1) is 0 Å². The Balaban J connectivity index is 3.71. The van der Waals surface area contributed by atoms with Crippen molar-refractivity contribution in [3.8, 4) is 0 Å². The highest BCUT2D eigenvalue weighted by Gasteiger charge is 2.19. The van der Waals surface area contributed by atoms with Gasteiger partial charge in [0.1, 0.15) is 5.73 Å². The fraction of sp³-hybridized carbons (Fsp3) is 0.800. The fourth-order valence-electron chi connectivity index (χ4n) is 0.526. The Labute approximate surface area is 71.5 Å². The molecule has 0 aliphatic heterocycles. The maximum Gasteiger partial charge on any atom is 0.302 e. The van der Waals surface area contributed by atoms with E-state index < -0.39 is 7.42 Å². The van der Waals surface area contributed by atoms with Gasteiger partial charge in [0.15, 0.2) is 0 Å². The van der Waals surface area contributed by atoms with Gasteiger partial charge in [-0.25, -0.2) is 0 Å². The number of esters is 1. The molecule has 0 saturated heterocycles. The lowest BCUT2D eigenvalue weighted by Gasteiger charge is -2.13. The summed E-state index contributed by atoms with van der Waals surface area (Å²) in [5, 5.41) is 0. The third-order valence-electron chi connectivity index (χ3n) is 1.00. The normalized spacial score (nSPS) is 13.3. The van der Waals surface area contributed by atoms with E-state index in [-0.39, 0.29) is 11.7 Å². The lowest BCUT2D eigenvalue weighted by Crippen LogP contribution is -2.25. The van der Waals surface area contributed by atoms with Crippen molar-refractivity contribution >= 4 is 35.5 Å². The largest absolute Gasteiger partial charge is 0.464 e. The number of carbonyl (C=O) groups excluding carboxylic acids is 1. The Morgan fingerprint density at radius 3 is 2.30 bits per heavy atom. The van der Waals surface area contributed by atoms with Crippen molar-refractivity contribution in [2.45, 2.75) is 26.0 Å². The van der Waals surface area contributed by atoms with Crippen molar-refractivity contribution < 1.29 is 9.53 Å². The lowest BCUT2D eigenvalue weighted by molar-refractivity contribution is -0.142. The molecule has 10 heavy (non-hydrogen) atoms. The molecule has 0 spiro atoms. The van der Waals surface area contributed by atoms with Crippen LogP contribution >= 0.6 is 22.2 Å². The minimum Gasteiger partial charge on any atom is -0.464 e. The molecule has 0 aromatic rings. The Kier molecular flexibility index (Phi) is 5.12. The summed E-state index contributed by atoms with van der Waals surface area (Å²) in [4.78, 5) is 10.4. The third kappa shape index (κ3) is 4.14. The first-order valence-electron chi connectivity index (χ1n) is 3.03. The molecule has 1 unspecified atom stereocenters. The van der Waals surface area contributed by atoms with E-state index in [0.29, 0.717) is 6.42 Å². The van der Waals surface area contributed by atoms with Gasteiger partial charge in [0.25, 0.3) is 7.42 Å².